The maximum Gasteiger partial charge on any atom is 0.0769 e. The van der Waals surface area contributed by atoms with E-state index in [0.29, 0.717) is 16.9 Å². The van der Waals surface area contributed by atoms with Gasteiger partial charge in [-0.05, 0) is 98.2 Å². The molecule has 4 aliphatic carbocycles. The second-order valence-corrected chi connectivity index (χ2v) is 13.2. The van der Waals surface area contributed by atoms with Crippen molar-refractivity contribution in [2.75, 3.05) is 0 Å². The van der Waals surface area contributed by atoms with Crippen molar-refractivity contribution in [1.82, 2.24) is 0 Å². The van der Waals surface area contributed by atoms with E-state index in [2.05, 4.69) is 55.0 Å². The number of unbranched alkanes of at least 4 members (excludes halogenated alkanes) is 1. The first kappa shape index (κ1) is 23.0. The zero-order valence-corrected chi connectivity index (χ0v) is 22.2. The summed E-state index contributed by atoms with van der Waals surface area (Å²) in [5, 5.41) is 0. The molecule has 0 aromatic carbocycles. The average Bonchev–Trinajstić information content (AvgIpc) is 3.02. The average molecular weight is 531 g/mol. The molecule has 166 valence electrons. The van der Waals surface area contributed by atoms with Gasteiger partial charge in [0.25, 0.3) is 0 Å². The first-order valence-corrected chi connectivity index (χ1v) is 15.8. The van der Waals surface area contributed by atoms with Crippen molar-refractivity contribution in [3.63, 3.8) is 0 Å². The van der Waals surface area contributed by atoms with E-state index in [1.165, 1.54) is 86.3 Å². The minimum absolute atomic E-state index is 0.448. The van der Waals surface area contributed by atoms with Gasteiger partial charge >= 0.3 is 0 Å². The van der Waals surface area contributed by atoms with Gasteiger partial charge in [0.2, 0.25) is 0 Å². The predicted molar refractivity (Wildman–Crippen MR) is 135 cm³/mol. The van der Waals surface area contributed by atoms with Crippen LogP contribution in [-0.2, 0) is 4.18 Å². The van der Waals surface area contributed by atoms with Gasteiger partial charge in [0.1, 0.15) is 0 Å². The number of hydrogen-bond acceptors (Lipinski definition) is 2. The summed E-state index contributed by atoms with van der Waals surface area (Å²) in [6, 6.07) is 0. The molecule has 0 radical (unpaired) electrons. The van der Waals surface area contributed by atoms with E-state index in [0.717, 1.165) is 29.6 Å². The van der Waals surface area contributed by atoms with Crippen molar-refractivity contribution in [2.24, 2.45) is 40.4 Å². The van der Waals surface area contributed by atoms with Crippen molar-refractivity contribution in [3.8, 4) is 0 Å². The Bertz CT molecular complexity index is 604. The molecule has 3 heteroatoms. The van der Waals surface area contributed by atoms with E-state index in [-0.39, 0.29) is 0 Å². The molecular formula is C26H43IOS. The lowest BCUT2D eigenvalue weighted by atomic mass is 9.47. The lowest BCUT2D eigenvalue weighted by Crippen LogP contribution is -2.50. The Morgan fingerprint density at radius 1 is 1.10 bits per heavy atom. The monoisotopic (exact) mass is 530 g/mol. The Morgan fingerprint density at radius 3 is 2.69 bits per heavy atom. The topological polar surface area (TPSA) is 9.23 Å². The molecule has 0 aliphatic heterocycles. The van der Waals surface area contributed by atoms with Gasteiger partial charge < -0.3 is 4.18 Å². The van der Waals surface area contributed by atoms with Crippen LogP contribution in [0.4, 0.5) is 0 Å². The first-order chi connectivity index (χ1) is 13.9. The highest BCUT2D eigenvalue weighted by atomic mass is 127. The Balaban J connectivity index is 1.44. The van der Waals surface area contributed by atoms with Crippen LogP contribution in [0.15, 0.2) is 11.6 Å². The maximum atomic E-state index is 5.94. The molecule has 4 aliphatic rings. The SMILES string of the molecule is CC(C)CCCC[C@H]1CCC2C3CC=C4CC(OSI)CCC4(C)C3CCC21C. The highest BCUT2D eigenvalue weighted by Gasteiger charge is 2.58. The number of fused-ring (bicyclic) bond motifs is 5. The number of halogens is 1. The fraction of sp³-hybridized carbons (Fsp3) is 0.923. The highest BCUT2D eigenvalue weighted by Crippen LogP contribution is 2.66. The summed E-state index contributed by atoms with van der Waals surface area (Å²) in [5.74, 6) is 4.76. The van der Waals surface area contributed by atoms with E-state index < -0.39 is 0 Å². The van der Waals surface area contributed by atoms with Crippen molar-refractivity contribution in [3.05, 3.63) is 11.6 Å². The van der Waals surface area contributed by atoms with Crippen LogP contribution in [0.1, 0.15) is 105 Å². The van der Waals surface area contributed by atoms with E-state index >= 15 is 0 Å². The molecule has 29 heavy (non-hydrogen) atoms. The maximum absolute atomic E-state index is 5.94. The Kier molecular flexibility index (Phi) is 7.39. The number of allylic oxidation sites excluding steroid dienone is 1. The summed E-state index contributed by atoms with van der Waals surface area (Å²) in [5.41, 5.74) is 2.86. The van der Waals surface area contributed by atoms with Gasteiger partial charge in [0.05, 0.1) is 15.3 Å². The smallest absolute Gasteiger partial charge is 0.0769 e. The number of hydrogen-bond donors (Lipinski definition) is 0. The van der Waals surface area contributed by atoms with Crippen molar-refractivity contribution in [2.45, 2.75) is 111 Å². The summed E-state index contributed by atoms with van der Waals surface area (Å²) < 4.78 is 5.94. The van der Waals surface area contributed by atoms with Gasteiger partial charge in [-0.15, -0.1) is 0 Å². The molecule has 6 unspecified atom stereocenters. The number of rotatable bonds is 7. The Hall–Kier alpha value is 0.780. The molecule has 0 amide bonds. The summed E-state index contributed by atoms with van der Waals surface area (Å²) in [6.07, 6.45) is 20.2. The minimum atomic E-state index is 0.448. The third-order valence-electron chi connectivity index (χ3n) is 10.0. The zero-order chi connectivity index (χ0) is 20.6. The Morgan fingerprint density at radius 2 is 1.93 bits per heavy atom. The van der Waals surface area contributed by atoms with Crippen molar-refractivity contribution < 1.29 is 4.18 Å². The Labute approximate surface area is 196 Å². The molecule has 0 bridgehead atoms. The van der Waals surface area contributed by atoms with Crippen LogP contribution in [0.3, 0.4) is 0 Å². The van der Waals surface area contributed by atoms with E-state index in [4.69, 9.17) is 4.18 Å². The van der Waals surface area contributed by atoms with Gasteiger partial charge in [0, 0.05) is 21.2 Å². The molecule has 0 heterocycles. The second kappa shape index (κ2) is 9.33. The van der Waals surface area contributed by atoms with Crippen LogP contribution >= 0.6 is 30.4 Å². The highest BCUT2D eigenvalue weighted by molar-refractivity contribution is 14.2. The van der Waals surface area contributed by atoms with Crippen LogP contribution in [0.5, 0.6) is 0 Å². The summed E-state index contributed by atoms with van der Waals surface area (Å²) >= 11 is 2.28. The van der Waals surface area contributed by atoms with Gasteiger partial charge in [-0.2, -0.15) is 0 Å². The molecule has 1 nitrogen and oxygen atoms in total. The fourth-order valence-corrected chi connectivity index (χ4v) is 9.44. The second-order valence-electron chi connectivity index (χ2n) is 11.8. The minimum Gasteiger partial charge on any atom is -0.302 e. The molecule has 3 saturated carbocycles. The van der Waals surface area contributed by atoms with Gasteiger partial charge in [-0.3, -0.25) is 0 Å². The predicted octanol–water partition coefficient (Wildman–Crippen LogP) is 9.17. The lowest BCUT2D eigenvalue weighted by molar-refractivity contribution is -0.0483. The lowest BCUT2D eigenvalue weighted by Gasteiger charge is -2.58. The van der Waals surface area contributed by atoms with Gasteiger partial charge in [0.15, 0.2) is 0 Å². The molecule has 3 fully saturated rings. The molecular weight excluding hydrogens is 487 g/mol. The van der Waals surface area contributed by atoms with E-state index in [9.17, 15) is 0 Å². The summed E-state index contributed by atoms with van der Waals surface area (Å²) in [4.78, 5) is 0. The third kappa shape index (κ3) is 4.36. The van der Waals surface area contributed by atoms with E-state index in [1.807, 2.05) is 0 Å². The van der Waals surface area contributed by atoms with Crippen LogP contribution < -0.4 is 0 Å². The molecule has 0 saturated heterocycles. The van der Waals surface area contributed by atoms with Crippen molar-refractivity contribution in [1.29, 1.82) is 0 Å². The molecule has 7 atom stereocenters. The van der Waals surface area contributed by atoms with E-state index in [1.54, 1.807) is 5.57 Å². The fourth-order valence-electron chi connectivity index (χ4n) is 8.29. The first-order valence-electron chi connectivity index (χ1n) is 12.5. The quantitative estimate of drug-likeness (QED) is 0.140. The summed E-state index contributed by atoms with van der Waals surface area (Å²) in [7, 11) is 1.53. The van der Waals surface area contributed by atoms with Gasteiger partial charge in [-0.25, -0.2) is 0 Å². The normalized spacial score (nSPS) is 44.2. The molecule has 0 aromatic rings. The van der Waals surface area contributed by atoms with Crippen molar-refractivity contribution >= 4 is 30.4 Å². The molecule has 0 N–H and O–H groups in total. The van der Waals surface area contributed by atoms with Gasteiger partial charge in [-0.1, -0.05) is 58.6 Å². The summed E-state index contributed by atoms with van der Waals surface area (Å²) in [6.45, 7) is 10.1. The molecule has 4 rings (SSSR count). The third-order valence-corrected chi connectivity index (χ3v) is 11.0. The molecule has 0 aromatic heterocycles. The molecule has 0 spiro atoms. The van der Waals surface area contributed by atoms with Crippen LogP contribution in [0, 0.1) is 40.4 Å². The van der Waals surface area contributed by atoms with Crippen LogP contribution in [-0.4, -0.2) is 6.10 Å². The van der Waals surface area contributed by atoms with Crippen LogP contribution in [0.25, 0.3) is 0 Å². The largest absolute Gasteiger partial charge is 0.302 e. The van der Waals surface area contributed by atoms with Crippen LogP contribution in [0.2, 0.25) is 0 Å². The standard InChI is InChI=1S/C26H43IOS/c1-18(2)7-5-6-8-19-10-12-23-22-11-9-20-17-21(28-29-27)13-15-26(20,4)24(22)14-16-25(19,23)3/h9,18-19,21-24H,5-8,10-17H2,1-4H3/t19-,21?,22?,23?,24?,25?,26?/m0/s1. The zero-order valence-electron chi connectivity index (χ0n) is 19.2.